The normalized spacial score (nSPS) is 11.5. The summed E-state index contributed by atoms with van der Waals surface area (Å²) in [6, 6.07) is 14.8. The van der Waals surface area contributed by atoms with Gasteiger partial charge in [-0.25, -0.2) is 18.2 Å². The average molecular weight is 369 g/mol. The summed E-state index contributed by atoms with van der Waals surface area (Å²) in [5.74, 6) is -1.78. The van der Waals surface area contributed by atoms with Crippen LogP contribution in [0.25, 0.3) is 11.1 Å². The van der Waals surface area contributed by atoms with Gasteiger partial charge in [-0.3, -0.25) is 10.0 Å². The SMILES string of the molecule is CN(Cc1ccc(-c2ccc(Cl)cc2)cc1)S(=O)(=O)CC(=O)NO. The van der Waals surface area contributed by atoms with Crippen molar-refractivity contribution in [1.82, 2.24) is 9.79 Å². The largest absolute Gasteiger partial charge is 0.289 e. The summed E-state index contributed by atoms with van der Waals surface area (Å²) >= 11 is 5.86. The third-order valence-electron chi connectivity index (χ3n) is 3.45. The Morgan fingerprint density at radius 3 is 2.08 bits per heavy atom. The fraction of sp³-hybridized carbons (Fsp3) is 0.188. The zero-order valence-electron chi connectivity index (χ0n) is 12.9. The van der Waals surface area contributed by atoms with Crippen LogP contribution in [0.1, 0.15) is 5.56 Å². The second kappa shape index (κ2) is 7.76. The second-order valence-electron chi connectivity index (χ2n) is 5.25. The highest BCUT2D eigenvalue weighted by Crippen LogP contribution is 2.22. The summed E-state index contributed by atoms with van der Waals surface area (Å²) in [7, 11) is -2.41. The molecule has 0 heterocycles. The van der Waals surface area contributed by atoms with Gasteiger partial charge in [0.15, 0.2) is 0 Å². The van der Waals surface area contributed by atoms with Crippen molar-refractivity contribution in [1.29, 1.82) is 0 Å². The quantitative estimate of drug-likeness (QED) is 0.605. The molecule has 0 saturated carbocycles. The van der Waals surface area contributed by atoms with Crippen LogP contribution in [0.5, 0.6) is 0 Å². The van der Waals surface area contributed by atoms with E-state index < -0.39 is 21.7 Å². The Hall–Kier alpha value is -1.93. The van der Waals surface area contributed by atoms with Crippen molar-refractivity contribution < 1.29 is 18.4 Å². The van der Waals surface area contributed by atoms with Gasteiger partial charge in [0.05, 0.1) is 0 Å². The maximum atomic E-state index is 12.0. The standard InChI is InChI=1S/C16H17ClN2O4S/c1-19(24(22,23)11-16(20)18-21)10-12-2-4-13(5-3-12)14-6-8-15(17)9-7-14/h2-9,21H,10-11H2,1H3,(H,18,20). The van der Waals surface area contributed by atoms with Gasteiger partial charge >= 0.3 is 0 Å². The molecule has 0 aliphatic rings. The predicted molar refractivity (Wildman–Crippen MR) is 92.1 cm³/mol. The number of sulfonamides is 1. The van der Waals surface area contributed by atoms with E-state index >= 15 is 0 Å². The van der Waals surface area contributed by atoms with Crippen molar-refractivity contribution in [2.24, 2.45) is 0 Å². The van der Waals surface area contributed by atoms with E-state index in [2.05, 4.69) is 0 Å². The van der Waals surface area contributed by atoms with Crippen LogP contribution >= 0.6 is 11.6 Å². The zero-order chi connectivity index (χ0) is 17.7. The molecule has 0 aliphatic carbocycles. The molecule has 6 nitrogen and oxygen atoms in total. The lowest BCUT2D eigenvalue weighted by Gasteiger charge is -2.16. The Balaban J connectivity index is 2.08. The van der Waals surface area contributed by atoms with E-state index in [1.54, 1.807) is 12.1 Å². The van der Waals surface area contributed by atoms with Crippen LogP contribution in [0.2, 0.25) is 5.02 Å². The summed E-state index contributed by atoms with van der Waals surface area (Å²) in [5.41, 5.74) is 4.09. The van der Waals surface area contributed by atoms with Gasteiger partial charge in [-0.2, -0.15) is 0 Å². The first-order valence-corrected chi connectivity index (χ1v) is 9.02. The van der Waals surface area contributed by atoms with E-state index in [1.165, 1.54) is 12.5 Å². The highest BCUT2D eigenvalue weighted by atomic mass is 35.5. The first-order valence-electron chi connectivity index (χ1n) is 7.03. The first-order chi connectivity index (χ1) is 11.3. The molecule has 0 bridgehead atoms. The summed E-state index contributed by atoms with van der Waals surface area (Å²) in [5, 5.41) is 9.10. The number of halogens is 1. The molecule has 2 N–H and O–H groups in total. The van der Waals surface area contributed by atoms with Crippen LogP contribution < -0.4 is 5.48 Å². The topological polar surface area (TPSA) is 86.7 Å². The van der Waals surface area contributed by atoms with Gasteiger partial charge in [0.2, 0.25) is 10.0 Å². The first kappa shape index (κ1) is 18.4. The molecule has 2 aromatic carbocycles. The van der Waals surface area contributed by atoms with E-state index in [4.69, 9.17) is 16.8 Å². The lowest BCUT2D eigenvalue weighted by Crippen LogP contribution is -2.36. The molecule has 1 amide bonds. The monoisotopic (exact) mass is 368 g/mol. The molecule has 0 aliphatic heterocycles. The minimum Gasteiger partial charge on any atom is -0.289 e. The van der Waals surface area contributed by atoms with Crippen LogP contribution in [0.4, 0.5) is 0 Å². The molecule has 128 valence electrons. The molecular weight excluding hydrogens is 352 g/mol. The molecule has 2 aromatic rings. The van der Waals surface area contributed by atoms with Crippen LogP contribution in [-0.2, 0) is 21.4 Å². The van der Waals surface area contributed by atoms with Gasteiger partial charge in [0.25, 0.3) is 5.91 Å². The average Bonchev–Trinajstić information content (AvgIpc) is 2.56. The van der Waals surface area contributed by atoms with E-state index in [0.717, 1.165) is 21.0 Å². The maximum Gasteiger partial charge on any atom is 0.259 e. The Kier molecular flexibility index (Phi) is 5.95. The third-order valence-corrected chi connectivity index (χ3v) is 5.41. The fourth-order valence-electron chi connectivity index (χ4n) is 2.11. The van der Waals surface area contributed by atoms with Gasteiger partial charge < -0.3 is 0 Å². The van der Waals surface area contributed by atoms with Gasteiger partial charge in [-0.15, -0.1) is 0 Å². The van der Waals surface area contributed by atoms with Crippen molar-refractivity contribution in [3.05, 3.63) is 59.1 Å². The highest BCUT2D eigenvalue weighted by molar-refractivity contribution is 7.89. The molecule has 0 unspecified atom stereocenters. The van der Waals surface area contributed by atoms with Crippen LogP contribution in [-0.4, -0.2) is 36.6 Å². The van der Waals surface area contributed by atoms with Gasteiger partial charge in [0.1, 0.15) is 5.75 Å². The van der Waals surface area contributed by atoms with Crippen LogP contribution in [0, 0.1) is 0 Å². The van der Waals surface area contributed by atoms with Crippen molar-refractivity contribution in [2.45, 2.75) is 6.54 Å². The number of carbonyl (C=O) groups is 1. The molecule has 0 saturated heterocycles. The fourth-order valence-corrected chi connectivity index (χ4v) is 3.20. The van der Waals surface area contributed by atoms with Crippen molar-refractivity contribution in [3.8, 4) is 11.1 Å². The molecule has 2 rings (SSSR count). The minimum absolute atomic E-state index is 0.127. The summed E-state index contributed by atoms with van der Waals surface area (Å²) in [6.07, 6.45) is 0. The number of benzene rings is 2. The summed E-state index contributed by atoms with van der Waals surface area (Å²) in [4.78, 5) is 11.0. The molecule has 0 radical (unpaired) electrons. The van der Waals surface area contributed by atoms with Crippen molar-refractivity contribution >= 4 is 27.5 Å². The number of amides is 1. The Bertz CT molecular complexity index is 805. The number of nitrogens with zero attached hydrogens (tertiary/aromatic N) is 1. The lowest BCUT2D eigenvalue weighted by atomic mass is 10.0. The zero-order valence-corrected chi connectivity index (χ0v) is 14.5. The summed E-state index contributed by atoms with van der Waals surface area (Å²) < 4.78 is 25.0. The van der Waals surface area contributed by atoms with E-state index in [0.29, 0.717) is 5.02 Å². The molecule has 8 heteroatoms. The molecule has 24 heavy (non-hydrogen) atoms. The maximum absolute atomic E-state index is 12.0. The van der Waals surface area contributed by atoms with Gasteiger partial charge in [-0.1, -0.05) is 48.0 Å². The van der Waals surface area contributed by atoms with Crippen molar-refractivity contribution in [2.75, 3.05) is 12.8 Å². The lowest BCUT2D eigenvalue weighted by molar-refractivity contribution is -0.126. The number of rotatable bonds is 6. The van der Waals surface area contributed by atoms with Gasteiger partial charge in [0, 0.05) is 18.6 Å². The van der Waals surface area contributed by atoms with E-state index in [-0.39, 0.29) is 6.54 Å². The number of hydrogen-bond acceptors (Lipinski definition) is 4. The highest BCUT2D eigenvalue weighted by Gasteiger charge is 2.21. The third kappa shape index (κ3) is 4.78. The molecule has 0 spiro atoms. The number of hydroxylamine groups is 1. The second-order valence-corrected chi connectivity index (χ2v) is 7.76. The number of carbonyl (C=O) groups excluding carboxylic acids is 1. The van der Waals surface area contributed by atoms with Crippen molar-refractivity contribution in [3.63, 3.8) is 0 Å². The molecular formula is C16H17ClN2O4S. The number of nitrogens with one attached hydrogen (secondary N) is 1. The Labute approximate surface area is 145 Å². The van der Waals surface area contributed by atoms with Crippen LogP contribution in [0.3, 0.4) is 0 Å². The predicted octanol–water partition coefficient (Wildman–Crippen LogP) is 2.27. The van der Waals surface area contributed by atoms with Gasteiger partial charge in [-0.05, 0) is 28.8 Å². The Morgan fingerprint density at radius 2 is 1.58 bits per heavy atom. The molecule has 0 atom stereocenters. The smallest absolute Gasteiger partial charge is 0.259 e. The van der Waals surface area contributed by atoms with Crippen LogP contribution in [0.15, 0.2) is 48.5 Å². The molecule has 0 fully saturated rings. The minimum atomic E-state index is -3.79. The van der Waals surface area contributed by atoms with E-state index in [1.807, 2.05) is 36.4 Å². The summed E-state index contributed by atoms with van der Waals surface area (Å²) in [6.45, 7) is 0.127. The Morgan fingerprint density at radius 1 is 1.08 bits per heavy atom. The van der Waals surface area contributed by atoms with E-state index in [9.17, 15) is 13.2 Å². The number of hydrogen-bond donors (Lipinski definition) is 2. The molecule has 0 aromatic heterocycles.